The summed E-state index contributed by atoms with van der Waals surface area (Å²) < 4.78 is 39.1. The summed E-state index contributed by atoms with van der Waals surface area (Å²) in [6.07, 6.45) is 2.73. The molecular formula is C19H21F3N2. The third-order valence-corrected chi connectivity index (χ3v) is 4.33. The number of nitrogens with zero attached hydrogens (tertiary/aromatic N) is 1. The van der Waals surface area contributed by atoms with E-state index < -0.39 is 11.7 Å². The summed E-state index contributed by atoms with van der Waals surface area (Å²) >= 11 is 0. The van der Waals surface area contributed by atoms with Gasteiger partial charge in [-0.05, 0) is 61.8 Å². The van der Waals surface area contributed by atoms with E-state index in [4.69, 9.17) is 0 Å². The molecule has 0 bridgehead atoms. The molecule has 0 amide bonds. The number of halogens is 3. The number of aromatic amines is 1. The van der Waals surface area contributed by atoms with Gasteiger partial charge in [-0.15, -0.1) is 0 Å². The van der Waals surface area contributed by atoms with Crippen molar-refractivity contribution in [3.05, 3.63) is 46.0 Å². The monoisotopic (exact) mass is 334 g/mol. The molecular weight excluding hydrogens is 313 g/mol. The van der Waals surface area contributed by atoms with Crippen molar-refractivity contribution in [2.45, 2.75) is 25.4 Å². The van der Waals surface area contributed by atoms with Gasteiger partial charge in [0.15, 0.2) is 0 Å². The molecule has 1 aromatic heterocycles. The molecule has 1 aliphatic carbocycles. The number of likely N-dealkylation sites (N-methyl/N-ethyl adjacent to an activating group) is 1. The summed E-state index contributed by atoms with van der Waals surface area (Å²) in [7, 11) is 4.00. The molecule has 0 saturated carbocycles. The largest absolute Gasteiger partial charge is 0.416 e. The number of benzene rings is 1. The van der Waals surface area contributed by atoms with Crippen LogP contribution in [0.1, 0.15) is 24.0 Å². The number of rotatable bonds is 4. The molecule has 5 heteroatoms. The maximum atomic E-state index is 13.0. The van der Waals surface area contributed by atoms with Crippen molar-refractivity contribution < 1.29 is 13.2 Å². The van der Waals surface area contributed by atoms with Crippen LogP contribution < -0.4 is 10.6 Å². The zero-order chi connectivity index (χ0) is 17.3. The Morgan fingerprint density at radius 3 is 2.58 bits per heavy atom. The molecule has 1 aromatic carbocycles. The van der Waals surface area contributed by atoms with Crippen molar-refractivity contribution in [2.75, 3.05) is 20.6 Å². The van der Waals surface area contributed by atoms with Gasteiger partial charge in [0.25, 0.3) is 0 Å². The van der Waals surface area contributed by atoms with Crippen molar-refractivity contribution in [3.63, 3.8) is 0 Å². The normalized spacial score (nSPS) is 14.2. The average Bonchev–Trinajstić information content (AvgIpc) is 2.91. The maximum Gasteiger partial charge on any atom is 0.416 e. The van der Waals surface area contributed by atoms with Crippen molar-refractivity contribution in [3.8, 4) is 11.3 Å². The lowest BCUT2D eigenvalue weighted by atomic mass is 10.0. The van der Waals surface area contributed by atoms with Gasteiger partial charge in [-0.3, -0.25) is 0 Å². The van der Waals surface area contributed by atoms with E-state index >= 15 is 0 Å². The fourth-order valence-corrected chi connectivity index (χ4v) is 3.12. The lowest BCUT2D eigenvalue weighted by Crippen LogP contribution is -2.28. The van der Waals surface area contributed by atoms with Gasteiger partial charge in [-0.2, -0.15) is 13.2 Å². The van der Waals surface area contributed by atoms with E-state index in [-0.39, 0.29) is 0 Å². The summed E-state index contributed by atoms with van der Waals surface area (Å²) in [5.41, 5.74) is 1.89. The second-order valence-corrected chi connectivity index (χ2v) is 6.42. The molecule has 0 saturated heterocycles. The Kier molecular flexibility index (Phi) is 4.54. The van der Waals surface area contributed by atoms with Gasteiger partial charge in [0.1, 0.15) is 0 Å². The molecule has 3 rings (SSSR count). The van der Waals surface area contributed by atoms with E-state index in [9.17, 15) is 13.2 Å². The molecule has 0 aliphatic heterocycles. The summed E-state index contributed by atoms with van der Waals surface area (Å²) in [5.74, 6) is 0. The zero-order valence-corrected chi connectivity index (χ0v) is 13.9. The first-order valence-electron chi connectivity index (χ1n) is 8.10. The molecule has 2 nitrogen and oxygen atoms in total. The van der Waals surface area contributed by atoms with Crippen LogP contribution in [0.3, 0.4) is 0 Å². The number of H-pyrrole nitrogens is 1. The van der Waals surface area contributed by atoms with Crippen LogP contribution in [0, 0.1) is 0 Å². The van der Waals surface area contributed by atoms with Crippen LogP contribution in [-0.4, -0.2) is 30.5 Å². The summed E-state index contributed by atoms with van der Waals surface area (Å²) in [5, 5.41) is 2.18. The predicted octanol–water partition coefficient (Wildman–Crippen LogP) is 3.16. The van der Waals surface area contributed by atoms with Crippen LogP contribution in [0.4, 0.5) is 13.2 Å². The quantitative estimate of drug-likeness (QED) is 0.910. The van der Waals surface area contributed by atoms with E-state index in [0.717, 1.165) is 53.7 Å². The summed E-state index contributed by atoms with van der Waals surface area (Å²) in [6.45, 7) is 0.851. The Bertz CT molecular complexity index is 844. The van der Waals surface area contributed by atoms with Crippen LogP contribution in [0.2, 0.25) is 0 Å². The second kappa shape index (κ2) is 6.48. The summed E-state index contributed by atoms with van der Waals surface area (Å²) in [6, 6.07) is 5.56. The molecule has 1 heterocycles. The number of aromatic nitrogens is 1. The number of nitrogens with one attached hydrogen (secondary N) is 1. The third-order valence-electron chi connectivity index (χ3n) is 4.33. The second-order valence-electron chi connectivity index (χ2n) is 6.42. The maximum absolute atomic E-state index is 13.0. The molecule has 2 aromatic rings. The lowest BCUT2D eigenvalue weighted by molar-refractivity contribution is -0.137. The van der Waals surface area contributed by atoms with Gasteiger partial charge < -0.3 is 9.88 Å². The molecule has 1 N–H and O–H groups in total. The van der Waals surface area contributed by atoms with Crippen LogP contribution in [0.5, 0.6) is 0 Å². The van der Waals surface area contributed by atoms with Crippen LogP contribution in [0.15, 0.2) is 24.3 Å². The van der Waals surface area contributed by atoms with E-state index in [1.165, 1.54) is 12.1 Å². The van der Waals surface area contributed by atoms with Gasteiger partial charge in [-0.1, -0.05) is 24.3 Å². The van der Waals surface area contributed by atoms with Crippen molar-refractivity contribution >= 4 is 12.2 Å². The van der Waals surface area contributed by atoms with E-state index in [1.54, 1.807) is 6.07 Å². The molecule has 0 radical (unpaired) electrons. The van der Waals surface area contributed by atoms with E-state index in [1.807, 2.05) is 14.1 Å². The minimum atomic E-state index is -4.33. The Morgan fingerprint density at radius 1 is 1.12 bits per heavy atom. The van der Waals surface area contributed by atoms with Gasteiger partial charge in [0.05, 0.1) is 5.56 Å². The minimum Gasteiger partial charge on any atom is -0.355 e. The van der Waals surface area contributed by atoms with Gasteiger partial charge >= 0.3 is 6.18 Å². The van der Waals surface area contributed by atoms with E-state index in [2.05, 4.69) is 22.0 Å². The predicted molar refractivity (Wildman–Crippen MR) is 90.9 cm³/mol. The molecule has 0 unspecified atom stereocenters. The molecule has 0 fully saturated rings. The third kappa shape index (κ3) is 3.41. The van der Waals surface area contributed by atoms with Crippen molar-refractivity contribution in [1.82, 2.24) is 9.88 Å². The number of alkyl halides is 3. The number of hydrogen-bond acceptors (Lipinski definition) is 1. The summed E-state index contributed by atoms with van der Waals surface area (Å²) in [4.78, 5) is 5.43. The average molecular weight is 334 g/mol. The highest BCUT2D eigenvalue weighted by Gasteiger charge is 2.30. The van der Waals surface area contributed by atoms with Crippen LogP contribution in [-0.2, 0) is 12.6 Å². The smallest absolute Gasteiger partial charge is 0.355 e. The molecule has 0 spiro atoms. The van der Waals surface area contributed by atoms with Crippen LogP contribution >= 0.6 is 0 Å². The fraction of sp³-hybridized carbons (Fsp3) is 0.368. The Hall–Kier alpha value is -2.01. The van der Waals surface area contributed by atoms with Crippen LogP contribution in [0.25, 0.3) is 23.4 Å². The number of hydrogen-bond donors (Lipinski definition) is 1. The topological polar surface area (TPSA) is 19.0 Å². The number of fused-ring (bicyclic) bond motifs is 1. The van der Waals surface area contributed by atoms with Gasteiger partial charge in [0.2, 0.25) is 0 Å². The first kappa shape index (κ1) is 16.8. The standard InChI is InChI=1S/C19H21F3N2/c1-24(2)11-10-16-15-8-3-4-9-17(15)23-18(16)13-6-5-7-14(12-13)19(20,21)22/h5-9,12,23H,3-4,10-11H2,1-2H3. The highest BCUT2D eigenvalue weighted by Crippen LogP contribution is 2.32. The van der Waals surface area contributed by atoms with Gasteiger partial charge in [0, 0.05) is 17.6 Å². The molecule has 128 valence electrons. The lowest BCUT2D eigenvalue weighted by Gasteiger charge is -2.12. The highest BCUT2D eigenvalue weighted by molar-refractivity contribution is 5.66. The molecule has 0 atom stereocenters. The SMILES string of the molecule is CN(C)CCc1c(-c2cccc(C(F)(F)F)c2)[nH]c2c1=CCCC=2. The molecule has 24 heavy (non-hydrogen) atoms. The first-order valence-corrected chi connectivity index (χ1v) is 8.10. The Morgan fingerprint density at radius 2 is 1.88 bits per heavy atom. The Labute approximate surface area is 139 Å². The zero-order valence-electron chi connectivity index (χ0n) is 13.9. The van der Waals surface area contributed by atoms with Gasteiger partial charge in [-0.25, -0.2) is 0 Å². The minimum absolute atomic E-state index is 0.592. The Balaban J connectivity index is 2.13. The first-order chi connectivity index (χ1) is 11.4. The van der Waals surface area contributed by atoms with Crippen molar-refractivity contribution in [2.24, 2.45) is 0 Å². The molecule has 1 aliphatic rings. The fourth-order valence-electron chi connectivity index (χ4n) is 3.12. The van der Waals surface area contributed by atoms with E-state index in [0.29, 0.717) is 5.56 Å². The van der Waals surface area contributed by atoms with Crippen molar-refractivity contribution in [1.29, 1.82) is 0 Å². The highest BCUT2D eigenvalue weighted by atomic mass is 19.4.